The average Bonchev–Trinajstić information content (AvgIpc) is 2.44. The van der Waals surface area contributed by atoms with Gasteiger partial charge in [0.15, 0.2) is 0 Å². The first-order chi connectivity index (χ1) is 4.77. The minimum atomic E-state index is -0.679. The van der Waals surface area contributed by atoms with Crippen LogP contribution in [0.1, 0.15) is 19.3 Å². The van der Waals surface area contributed by atoms with E-state index in [-0.39, 0.29) is 0 Å². The van der Waals surface area contributed by atoms with E-state index in [1.807, 2.05) is 0 Å². The fourth-order valence-corrected chi connectivity index (χ4v) is 3.19. The number of hydrogen-bond acceptors (Lipinski definition) is 1. The van der Waals surface area contributed by atoms with Crippen molar-refractivity contribution in [1.29, 1.82) is 0 Å². The SMILES string of the molecule is CS(=O)C1=C[C@@H]2CC[C@H]1C2. The highest BCUT2D eigenvalue weighted by Crippen LogP contribution is 2.44. The third-order valence-electron chi connectivity index (χ3n) is 2.61. The Labute approximate surface area is 64.0 Å². The van der Waals surface area contributed by atoms with Crippen molar-refractivity contribution in [1.82, 2.24) is 0 Å². The molecule has 0 spiro atoms. The molecular formula is C8H12OS. The highest BCUT2D eigenvalue weighted by atomic mass is 32.2. The predicted molar refractivity (Wildman–Crippen MR) is 43.0 cm³/mol. The van der Waals surface area contributed by atoms with Crippen LogP contribution >= 0.6 is 0 Å². The molecule has 0 amide bonds. The van der Waals surface area contributed by atoms with Crippen LogP contribution < -0.4 is 0 Å². The van der Waals surface area contributed by atoms with E-state index in [0.717, 1.165) is 5.92 Å². The monoisotopic (exact) mass is 156 g/mol. The second kappa shape index (κ2) is 2.19. The molecule has 2 aliphatic rings. The van der Waals surface area contributed by atoms with Crippen LogP contribution in [0, 0.1) is 11.8 Å². The molecule has 0 N–H and O–H groups in total. The van der Waals surface area contributed by atoms with Gasteiger partial charge in [0.1, 0.15) is 0 Å². The van der Waals surface area contributed by atoms with Crippen LogP contribution in [0.4, 0.5) is 0 Å². The molecule has 0 radical (unpaired) electrons. The molecule has 0 heterocycles. The van der Waals surface area contributed by atoms with Crippen molar-refractivity contribution in [2.45, 2.75) is 19.3 Å². The number of hydrogen-bond donors (Lipinski definition) is 0. The van der Waals surface area contributed by atoms with E-state index < -0.39 is 10.8 Å². The maximum atomic E-state index is 11.1. The van der Waals surface area contributed by atoms with E-state index in [4.69, 9.17) is 0 Å². The minimum Gasteiger partial charge on any atom is -0.255 e. The summed E-state index contributed by atoms with van der Waals surface area (Å²) >= 11 is 0. The van der Waals surface area contributed by atoms with E-state index in [1.165, 1.54) is 24.2 Å². The first-order valence-corrected chi connectivity index (χ1v) is 5.38. The minimum absolute atomic E-state index is 0.679. The summed E-state index contributed by atoms with van der Waals surface area (Å²) in [4.78, 5) is 1.23. The van der Waals surface area contributed by atoms with Gasteiger partial charge in [-0.1, -0.05) is 6.08 Å². The van der Waals surface area contributed by atoms with Gasteiger partial charge >= 0.3 is 0 Å². The molecule has 2 aliphatic carbocycles. The summed E-state index contributed by atoms with van der Waals surface area (Å²) in [5, 5.41) is 0. The zero-order chi connectivity index (χ0) is 7.14. The van der Waals surface area contributed by atoms with Crippen LogP contribution in [-0.4, -0.2) is 10.5 Å². The summed E-state index contributed by atoms with van der Waals surface area (Å²) in [5.74, 6) is 1.47. The summed E-state index contributed by atoms with van der Waals surface area (Å²) in [7, 11) is -0.679. The fraction of sp³-hybridized carbons (Fsp3) is 0.750. The fourth-order valence-electron chi connectivity index (χ4n) is 2.13. The smallest absolute Gasteiger partial charge is 0.0456 e. The zero-order valence-electron chi connectivity index (χ0n) is 6.17. The van der Waals surface area contributed by atoms with Crippen molar-refractivity contribution >= 4 is 10.8 Å². The van der Waals surface area contributed by atoms with Crippen LogP contribution in [0.25, 0.3) is 0 Å². The molecule has 0 aromatic carbocycles. The Hall–Kier alpha value is -0.110. The third-order valence-corrected chi connectivity index (χ3v) is 3.74. The third kappa shape index (κ3) is 0.858. The van der Waals surface area contributed by atoms with E-state index in [2.05, 4.69) is 6.08 Å². The molecule has 1 unspecified atom stereocenters. The molecule has 2 heteroatoms. The summed E-state index contributed by atoms with van der Waals surface area (Å²) in [5.41, 5.74) is 0. The summed E-state index contributed by atoms with van der Waals surface area (Å²) in [6.07, 6.45) is 7.95. The zero-order valence-corrected chi connectivity index (χ0v) is 6.99. The number of allylic oxidation sites excluding steroid dienone is 2. The maximum absolute atomic E-state index is 11.1. The molecule has 0 aromatic heterocycles. The maximum Gasteiger partial charge on any atom is 0.0456 e. The normalized spacial score (nSPS) is 39.9. The van der Waals surface area contributed by atoms with Crippen LogP contribution in [-0.2, 0) is 10.8 Å². The van der Waals surface area contributed by atoms with E-state index in [9.17, 15) is 4.21 Å². The molecule has 56 valence electrons. The molecule has 10 heavy (non-hydrogen) atoms. The number of rotatable bonds is 1. The van der Waals surface area contributed by atoms with Crippen molar-refractivity contribution in [3.05, 3.63) is 11.0 Å². The van der Waals surface area contributed by atoms with Gasteiger partial charge in [-0.3, -0.25) is 4.21 Å². The standard InChI is InChI=1S/C8H12OS/c1-10(9)8-5-6-2-3-7(8)4-6/h5-7H,2-4H2,1H3/t6-,7+,10?/m1/s1. The lowest BCUT2D eigenvalue weighted by molar-refractivity contribution is 0.661. The summed E-state index contributed by atoms with van der Waals surface area (Å²) in [6.45, 7) is 0. The van der Waals surface area contributed by atoms with Gasteiger partial charge in [-0.25, -0.2) is 0 Å². The van der Waals surface area contributed by atoms with Crippen LogP contribution in [0.3, 0.4) is 0 Å². The van der Waals surface area contributed by atoms with E-state index in [0.29, 0.717) is 5.92 Å². The Kier molecular flexibility index (Phi) is 1.44. The van der Waals surface area contributed by atoms with Crippen molar-refractivity contribution in [2.75, 3.05) is 6.26 Å². The Bertz CT molecular complexity index is 207. The molecule has 0 saturated heterocycles. The first-order valence-electron chi connectivity index (χ1n) is 3.82. The average molecular weight is 156 g/mol. The predicted octanol–water partition coefficient (Wildman–Crippen LogP) is 1.68. The van der Waals surface area contributed by atoms with Gasteiger partial charge in [0, 0.05) is 22.0 Å². The molecule has 3 atom stereocenters. The van der Waals surface area contributed by atoms with Crippen molar-refractivity contribution < 1.29 is 4.21 Å². The Morgan fingerprint density at radius 3 is 2.70 bits per heavy atom. The van der Waals surface area contributed by atoms with Gasteiger partial charge in [-0.2, -0.15) is 0 Å². The summed E-state index contributed by atoms with van der Waals surface area (Å²) < 4.78 is 11.1. The molecule has 1 nitrogen and oxygen atoms in total. The van der Waals surface area contributed by atoms with Gasteiger partial charge in [-0.15, -0.1) is 0 Å². The second-order valence-corrected chi connectivity index (χ2v) is 4.67. The number of fused-ring (bicyclic) bond motifs is 2. The lowest BCUT2D eigenvalue weighted by Gasteiger charge is -2.08. The van der Waals surface area contributed by atoms with Crippen molar-refractivity contribution in [2.24, 2.45) is 11.8 Å². The molecule has 1 saturated carbocycles. The Morgan fingerprint density at radius 2 is 2.40 bits per heavy atom. The van der Waals surface area contributed by atoms with Gasteiger partial charge in [0.2, 0.25) is 0 Å². The molecule has 2 bridgehead atoms. The van der Waals surface area contributed by atoms with Gasteiger partial charge < -0.3 is 0 Å². The van der Waals surface area contributed by atoms with Gasteiger partial charge in [0.05, 0.1) is 0 Å². The summed E-state index contributed by atoms with van der Waals surface area (Å²) in [6, 6.07) is 0. The van der Waals surface area contributed by atoms with Gasteiger partial charge in [0.25, 0.3) is 0 Å². The highest BCUT2D eigenvalue weighted by molar-refractivity contribution is 7.88. The molecule has 2 rings (SSSR count). The largest absolute Gasteiger partial charge is 0.255 e. The first kappa shape index (κ1) is 6.59. The van der Waals surface area contributed by atoms with E-state index >= 15 is 0 Å². The van der Waals surface area contributed by atoms with E-state index in [1.54, 1.807) is 6.26 Å². The quantitative estimate of drug-likeness (QED) is 0.564. The Morgan fingerprint density at radius 1 is 1.60 bits per heavy atom. The van der Waals surface area contributed by atoms with Crippen LogP contribution in [0.15, 0.2) is 11.0 Å². The molecule has 1 fully saturated rings. The van der Waals surface area contributed by atoms with Crippen molar-refractivity contribution in [3.8, 4) is 0 Å². The second-order valence-electron chi connectivity index (χ2n) is 3.29. The van der Waals surface area contributed by atoms with Crippen molar-refractivity contribution in [3.63, 3.8) is 0 Å². The topological polar surface area (TPSA) is 17.1 Å². The molecule has 0 aromatic rings. The van der Waals surface area contributed by atoms with Gasteiger partial charge in [-0.05, 0) is 31.1 Å². The molecular weight excluding hydrogens is 144 g/mol. The molecule has 0 aliphatic heterocycles. The lowest BCUT2D eigenvalue weighted by atomic mass is 10.1. The van der Waals surface area contributed by atoms with Crippen LogP contribution in [0.5, 0.6) is 0 Å². The van der Waals surface area contributed by atoms with Crippen LogP contribution in [0.2, 0.25) is 0 Å². The Balaban J connectivity index is 2.25. The lowest BCUT2D eigenvalue weighted by Crippen LogP contribution is -2.01. The highest BCUT2D eigenvalue weighted by Gasteiger charge is 2.33.